The first kappa shape index (κ1) is 21.1. The lowest BCUT2D eigenvalue weighted by molar-refractivity contribution is -0.118. The maximum Gasteiger partial charge on any atom is 0.228 e. The molecule has 0 saturated carbocycles. The van der Waals surface area contributed by atoms with Crippen LogP contribution in [-0.2, 0) is 11.3 Å². The highest BCUT2D eigenvalue weighted by molar-refractivity contribution is 7.99. The van der Waals surface area contributed by atoms with Crippen LogP contribution in [0.1, 0.15) is 37.8 Å². The Hall–Kier alpha value is -1.61. The Morgan fingerprint density at radius 2 is 1.89 bits per heavy atom. The monoisotopic (exact) mass is 433 g/mol. The molecule has 0 spiro atoms. The molecule has 0 bridgehead atoms. The maximum atomic E-state index is 14.5. The average Bonchev–Trinajstić information content (AvgIpc) is 2.76. The van der Waals surface area contributed by atoms with Crippen molar-refractivity contribution >= 4 is 54.3 Å². The van der Waals surface area contributed by atoms with Crippen LogP contribution in [0.2, 0.25) is 5.02 Å². The molecule has 146 valence electrons. The molecule has 1 amide bonds. The number of fused-ring (bicyclic) bond motifs is 1. The van der Waals surface area contributed by atoms with Crippen molar-refractivity contribution in [2.45, 2.75) is 38.1 Å². The molecule has 0 atom stereocenters. The van der Waals surface area contributed by atoms with Gasteiger partial charge in [-0.05, 0) is 41.7 Å². The number of allylic oxidation sites excluding steroid dienone is 1. The standard InChI is InChI=1S/C19H14ClFNOPS.C3H8/c20-13-3-1-12(2-4-13)11-22-16-9-14(17-5-7-24-17)15(21)10-18(16)25-8-6-19(22)23;1-3-2/h1-5,7,9-10H,6,8,11H2;3H2,1-2H3. The highest BCUT2D eigenvalue weighted by atomic mass is 35.5. The number of benzene rings is 2. The predicted molar refractivity (Wildman–Crippen MR) is 121 cm³/mol. The molecule has 6 heteroatoms. The zero-order valence-electron chi connectivity index (χ0n) is 15.9. The summed E-state index contributed by atoms with van der Waals surface area (Å²) in [5.41, 5.74) is 2.37. The van der Waals surface area contributed by atoms with E-state index < -0.39 is 0 Å². The molecule has 0 N–H and O–H groups in total. The number of rotatable bonds is 3. The molecular weight excluding hydrogens is 412 g/mol. The molecule has 0 fully saturated rings. The summed E-state index contributed by atoms with van der Waals surface area (Å²) >= 11 is 7.49. The molecule has 0 radical (unpaired) electrons. The quantitative estimate of drug-likeness (QED) is 0.484. The van der Waals surface area contributed by atoms with Crippen LogP contribution in [0.5, 0.6) is 0 Å². The second-order valence-electron chi connectivity index (χ2n) is 6.54. The fraction of sp³-hybridized carbons (Fsp3) is 0.273. The summed E-state index contributed by atoms with van der Waals surface area (Å²) < 4.78 is 14.5. The number of halogens is 2. The van der Waals surface area contributed by atoms with E-state index in [1.165, 1.54) is 18.2 Å². The van der Waals surface area contributed by atoms with Crippen LogP contribution in [0, 0.1) is 5.82 Å². The Morgan fingerprint density at radius 3 is 2.50 bits per heavy atom. The topological polar surface area (TPSA) is 20.3 Å². The van der Waals surface area contributed by atoms with Gasteiger partial charge in [-0.1, -0.05) is 52.2 Å². The fourth-order valence-corrected chi connectivity index (χ4v) is 4.57. The second kappa shape index (κ2) is 9.73. The molecular formula is C22H22ClFNOPS. The van der Waals surface area contributed by atoms with E-state index >= 15 is 0 Å². The minimum atomic E-state index is -0.223. The summed E-state index contributed by atoms with van der Waals surface area (Å²) in [6.07, 6.45) is 3.61. The molecule has 28 heavy (non-hydrogen) atoms. The highest BCUT2D eigenvalue weighted by Crippen LogP contribution is 2.41. The van der Waals surface area contributed by atoms with Gasteiger partial charge < -0.3 is 4.90 Å². The fourth-order valence-electron chi connectivity index (χ4n) is 2.84. The van der Waals surface area contributed by atoms with E-state index in [1.54, 1.807) is 11.0 Å². The lowest BCUT2D eigenvalue weighted by Crippen LogP contribution is -2.30. The summed E-state index contributed by atoms with van der Waals surface area (Å²) in [6, 6.07) is 10.9. The summed E-state index contributed by atoms with van der Waals surface area (Å²) in [7, 11) is 1.02. The van der Waals surface area contributed by atoms with E-state index in [2.05, 4.69) is 13.8 Å². The van der Waals surface area contributed by atoms with E-state index in [1.807, 2.05) is 42.2 Å². The smallest absolute Gasteiger partial charge is 0.228 e. The minimum absolute atomic E-state index is 0.0606. The minimum Gasteiger partial charge on any atom is -0.307 e. The number of carbonyl (C=O) groups is 1. The van der Waals surface area contributed by atoms with Crippen LogP contribution in [-0.4, -0.2) is 17.5 Å². The van der Waals surface area contributed by atoms with Crippen LogP contribution in [0.3, 0.4) is 0 Å². The predicted octanol–water partition coefficient (Wildman–Crippen LogP) is 7.03. The van der Waals surface area contributed by atoms with E-state index in [9.17, 15) is 9.18 Å². The Balaban J connectivity index is 0.000000706. The molecule has 2 aromatic rings. The van der Waals surface area contributed by atoms with Crippen molar-refractivity contribution in [2.75, 3.05) is 10.7 Å². The molecule has 2 aliphatic rings. The van der Waals surface area contributed by atoms with Gasteiger partial charge in [0.2, 0.25) is 5.91 Å². The molecule has 2 aromatic carbocycles. The third kappa shape index (κ3) is 4.86. The first-order chi connectivity index (χ1) is 13.5. The summed E-state index contributed by atoms with van der Waals surface area (Å²) in [4.78, 5) is 15.3. The van der Waals surface area contributed by atoms with Gasteiger partial charge in [-0.25, -0.2) is 4.39 Å². The Kier molecular flexibility index (Phi) is 7.34. The van der Waals surface area contributed by atoms with Gasteiger partial charge >= 0.3 is 0 Å². The van der Waals surface area contributed by atoms with Gasteiger partial charge in [-0.15, -0.1) is 11.8 Å². The lowest BCUT2D eigenvalue weighted by Gasteiger charge is -2.24. The highest BCUT2D eigenvalue weighted by Gasteiger charge is 2.25. The third-order valence-corrected chi connectivity index (χ3v) is 6.45. The zero-order chi connectivity index (χ0) is 20.1. The number of thioether (sulfide) groups is 1. The third-order valence-electron chi connectivity index (χ3n) is 4.19. The Labute approximate surface area is 176 Å². The number of hydrogen-bond donors (Lipinski definition) is 0. The van der Waals surface area contributed by atoms with Crippen molar-refractivity contribution in [1.82, 2.24) is 0 Å². The van der Waals surface area contributed by atoms with Gasteiger partial charge in [0, 0.05) is 33.0 Å². The van der Waals surface area contributed by atoms with Crippen LogP contribution >= 0.6 is 31.6 Å². The van der Waals surface area contributed by atoms with E-state index in [0.29, 0.717) is 29.3 Å². The van der Waals surface area contributed by atoms with Crippen molar-refractivity contribution < 1.29 is 9.18 Å². The molecule has 0 aliphatic carbocycles. The van der Waals surface area contributed by atoms with Crippen molar-refractivity contribution in [2.24, 2.45) is 0 Å². The summed E-state index contributed by atoms with van der Waals surface area (Å²) in [5, 5.41) is 1.62. The van der Waals surface area contributed by atoms with E-state index in [4.69, 9.17) is 11.6 Å². The number of anilines is 1. The van der Waals surface area contributed by atoms with Gasteiger partial charge in [-0.3, -0.25) is 4.79 Å². The molecule has 2 nitrogen and oxygen atoms in total. The normalized spacial score (nSPS) is 15.6. The van der Waals surface area contributed by atoms with Crippen molar-refractivity contribution in [3.05, 3.63) is 64.4 Å². The summed E-state index contributed by atoms with van der Waals surface area (Å²) in [6.45, 7) is 4.71. The van der Waals surface area contributed by atoms with Crippen molar-refractivity contribution in [3.8, 4) is 0 Å². The Morgan fingerprint density at radius 1 is 1.21 bits per heavy atom. The molecule has 4 rings (SSSR count). The maximum absolute atomic E-state index is 14.5. The molecule has 0 saturated heterocycles. The van der Waals surface area contributed by atoms with Gasteiger partial charge in [0.15, 0.2) is 0 Å². The van der Waals surface area contributed by atoms with Gasteiger partial charge in [-0.2, -0.15) is 0 Å². The van der Waals surface area contributed by atoms with Crippen LogP contribution in [0.25, 0.3) is 5.31 Å². The average molecular weight is 434 g/mol. The molecule has 0 aromatic heterocycles. The number of nitrogens with zero attached hydrogens (tertiary/aromatic N) is 1. The first-order valence-electron chi connectivity index (χ1n) is 9.29. The van der Waals surface area contributed by atoms with Gasteiger partial charge in [0.25, 0.3) is 0 Å². The molecule has 2 aliphatic heterocycles. The number of amides is 1. The van der Waals surface area contributed by atoms with Crippen LogP contribution in [0.15, 0.2) is 47.4 Å². The number of carbonyl (C=O) groups excluding carboxylic acids is 1. The Bertz CT molecular complexity index is 927. The zero-order valence-corrected chi connectivity index (χ0v) is 18.4. The lowest BCUT2D eigenvalue weighted by atomic mass is 10.1. The van der Waals surface area contributed by atoms with E-state index in [0.717, 1.165) is 29.7 Å². The number of hydrogen-bond acceptors (Lipinski definition) is 2. The second-order valence-corrected chi connectivity index (χ2v) is 9.15. The van der Waals surface area contributed by atoms with Gasteiger partial charge in [0.1, 0.15) is 5.82 Å². The SMILES string of the molecule is CCC.O=C1CCSc2cc(F)c(C3=CC=P3)cc2N1Cc1ccc(Cl)cc1. The van der Waals surface area contributed by atoms with E-state index in [-0.39, 0.29) is 11.7 Å². The molecule has 2 heterocycles. The van der Waals surface area contributed by atoms with Crippen LogP contribution < -0.4 is 4.90 Å². The first-order valence-corrected chi connectivity index (χ1v) is 11.6. The van der Waals surface area contributed by atoms with Crippen LogP contribution in [0.4, 0.5) is 10.1 Å². The van der Waals surface area contributed by atoms with Crippen molar-refractivity contribution in [1.29, 1.82) is 0 Å². The molecule has 0 unspecified atom stereocenters. The van der Waals surface area contributed by atoms with Crippen molar-refractivity contribution in [3.63, 3.8) is 0 Å². The summed E-state index contributed by atoms with van der Waals surface area (Å²) in [5.74, 6) is 2.48. The largest absolute Gasteiger partial charge is 0.307 e. The van der Waals surface area contributed by atoms with Gasteiger partial charge in [0.05, 0.1) is 12.2 Å².